The Morgan fingerprint density at radius 1 is 1.40 bits per heavy atom. The smallest absolute Gasteiger partial charge is 0.224 e. The van der Waals surface area contributed by atoms with Crippen molar-refractivity contribution < 1.29 is 9.52 Å². The molecular weight excluding hydrogens is 407 g/mol. The summed E-state index contributed by atoms with van der Waals surface area (Å²) < 4.78 is 6.35. The molecule has 0 aliphatic heterocycles. The Morgan fingerprint density at radius 2 is 2.12 bits per heavy atom. The third-order valence-electron chi connectivity index (χ3n) is 3.66. The van der Waals surface area contributed by atoms with Gasteiger partial charge in [-0.25, -0.2) is 4.98 Å². The van der Waals surface area contributed by atoms with Gasteiger partial charge in [-0.15, -0.1) is 36.2 Å². The summed E-state index contributed by atoms with van der Waals surface area (Å²) in [7, 11) is 1.87. The number of hydrogen-bond donors (Lipinski definition) is 2. The summed E-state index contributed by atoms with van der Waals surface area (Å²) >= 11 is 7.67. The van der Waals surface area contributed by atoms with Gasteiger partial charge in [0, 0.05) is 24.0 Å². The molecule has 0 aliphatic rings. The van der Waals surface area contributed by atoms with Crippen molar-refractivity contribution in [1.82, 2.24) is 9.97 Å². The summed E-state index contributed by atoms with van der Waals surface area (Å²) in [5, 5.41) is 9.37. The Hall–Kier alpha value is -1.09. The normalized spacial score (nSPS) is 11.7. The Bertz CT molecular complexity index is 826. The van der Waals surface area contributed by atoms with Crippen molar-refractivity contribution in [1.29, 1.82) is 0 Å². The summed E-state index contributed by atoms with van der Waals surface area (Å²) in [4.78, 5) is 11.6. The van der Waals surface area contributed by atoms with Gasteiger partial charge in [0.05, 0.1) is 23.1 Å². The minimum atomic E-state index is -0.295. The Morgan fingerprint density at radius 3 is 2.72 bits per heavy atom. The Balaban J connectivity index is 0.00000156. The van der Waals surface area contributed by atoms with Crippen molar-refractivity contribution in [3.8, 4) is 0 Å². The van der Waals surface area contributed by atoms with Crippen LogP contribution in [0, 0.1) is 6.92 Å². The number of furan rings is 1. The van der Waals surface area contributed by atoms with E-state index in [0.29, 0.717) is 18.1 Å². The van der Waals surface area contributed by atoms with E-state index in [1.165, 1.54) is 0 Å². The molecule has 0 aliphatic carbocycles. The zero-order valence-corrected chi connectivity index (χ0v) is 16.8. The van der Waals surface area contributed by atoms with Gasteiger partial charge >= 0.3 is 0 Å². The van der Waals surface area contributed by atoms with Crippen LogP contribution < -0.4 is 10.6 Å². The average molecular weight is 426 g/mol. The molecule has 138 valence electrons. The topological polar surface area (TPSA) is 88.4 Å². The summed E-state index contributed by atoms with van der Waals surface area (Å²) in [6, 6.07) is 3.37. The van der Waals surface area contributed by atoms with E-state index < -0.39 is 0 Å². The predicted molar refractivity (Wildman–Crippen MR) is 107 cm³/mol. The highest BCUT2D eigenvalue weighted by molar-refractivity contribution is 7.19. The van der Waals surface area contributed by atoms with Crippen LogP contribution in [0.4, 0.5) is 11.7 Å². The quantitative estimate of drug-likeness (QED) is 0.606. The van der Waals surface area contributed by atoms with Crippen molar-refractivity contribution in [3.05, 3.63) is 34.1 Å². The second kappa shape index (κ2) is 9.02. The number of nitrogens with two attached hydrogens (primary N) is 1. The number of rotatable bonds is 5. The highest BCUT2D eigenvalue weighted by Crippen LogP contribution is 2.38. The van der Waals surface area contributed by atoms with Crippen LogP contribution in [0.15, 0.2) is 22.8 Å². The lowest BCUT2D eigenvalue weighted by molar-refractivity contribution is 0.265. The van der Waals surface area contributed by atoms with Gasteiger partial charge in [0.15, 0.2) is 5.82 Å². The standard InChI is InChI=1S/C15H17ClN4O2S.2ClH/c1-8-10(6-9(17)7-21)23-13-12(8)18-15(16)19-14(13)20(2)11-4-3-5-22-11;;/h3-5,9,21H,6-7,17H2,1-2H3;2*1H/t9-;;/m1../s1. The molecule has 0 amide bonds. The molecule has 0 radical (unpaired) electrons. The van der Waals surface area contributed by atoms with Gasteiger partial charge in [0.2, 0.25) is 11.2 Å². The maximum absolute atomic E-state index is 9.18. The number of aromatic nitrogens is 2. The fraction of sp³-hybridized carbons (Fsp3) is 0.333. The van der Waals surface area contributed by atoms with Gasteiger partial charge in [0.25, 0.3) is 0 Å². The third-order valence-corrected chi connectivity index (χ3v) is 5.12. The van der Waals surface area contributed by atoms with Crippen molar-refractivity contribution in [2.45, 2.75) is 19.4 Å². The van der Waals surface area contributed by atoms with E-state index in [0.717, 1.165) is 20.7 Å². The molecule has 0 aromatic carbocycles. The molecule has 1 atom stereocenters. The summed E-state index contributed by atoms with van der Waals surface area (Å²) in [5.41, 5.74) is 7.70. The van der Waals surface area contributed by atoms with E-state index in [4.69, 9.17) is 21.8 Å². The molecular formula is C15H19Cl3N4O2S. The molecule has 0 saturated heterocycles. The van der Waals surface area contributed by atoms with Crippen molar-refractivity contribution in [3.63, 3.8) is 0 Å². The van der Waals surface area contributed by atoms with E-state index in [1.807, 2.05) is 31.0 Å². The molecule has 0 spiro atoms. The maximum atomic E-state index is 9.18. The lowest BCUT2D eigenvalue weighted by Gasteiger charge is -2.15. The first kappa shape index (κ1) is 22.0. The molecule has 0 saturated carbocycles. The minimum Gasteiger partial charge on any atom is -0.448 e. The van der Waals surface area contributed by atoms with Gasteiger partial charge in [-0.3, -0.25) is 4.90 Å². The Labute approximate surface area is 166 Å². The first-order valence-electron chi connectivity index (χ1n) is 7.10. The van der Waals surface area contributed by atoms with Crippen LogP contribution in [-0.2, 0) is 6.42 Å². The molecule has 6 nitrogen and oxygen atoms in total. The number of fused-ring (bicyclic) bond motifs is 1. The minimum absolute atomic E-state index is 0. The lowest BCUT2D eigenvalue weighted by atomic mass is 10.1. The van der Waals surface area contributed by atoms with E-state index in [9.17, 15) is 5.11 Å². The fourth-order valence-electron chi connectivity index (χ4n) is 2.38. The van der Waals surface area contributed by atoms with Gasteiger partial charge in [0.1, 0.15) is 0 Å². The lowest BCUT2D eigenvalue weighted by Crippen LogP contribution is -2.26. The number of hydrogen-bond acceptors (Lipinski definition) is 7. The van der Waals surface area contributed by atoms with Crippen LogP contribution in [0.25, 0.3) is 10.2 Å². The van der Waals surface area contributed by atoms with E-state index >= 15 is 0 Å². The molecule has 3 aromatic rings. The Kier molecular flexibility index (Phi) is 7.92. The van der Waals surface area contributed by atoms with Crippen LogP contribution in [0.2, 0.25) is 5.28 Å². The number of aliphatic hydroxyl groups is 1. The molecule has 0 unspecified atom stereocenters. The SMILES string of the molecule is Cc1c(C[C@@H](N)CO)sc2c(N(C)c3ccco3)nc(Cl)nc12.Cl.Cl. The number of aliphatic hydroxyl groups excluding tert-OH is 1. The zero-order valence-electron chi connectivity index (χ0n) is 13.6. The van der Waals surface area contributed by atoms with E-state index in [-0.39, 0.29) is 42.7 Å². The number of nitrogens with zero attached hydrogens (tertiary/aromatic N) is 3. The molecule has 3 N–H and O–H groups in total. The first-order valence-corrected chi connectivity index (χ1v) is 8.30. The highest BCUT2D eigenvalue weighted by Gasteiger charge is 2.20. The van der Waals surface area contributed by atoms with E-state index in [1.54, 1.807) is 17.6 Å². The number of halogens is 3. The van der Waals surface area contributed by atoms with Gasteiger partial charge < -0.3 is 15.3 Å². The third kappa shape index (κ3) is 4.36. The molecule has 3 heterocycles. The number of aryl methyl sites for hydroxylation is 1. The molecule has 25 heavy (non-hydrogen) atoms. The predicted octanol–water partition coefficient (Wildman–Crippen LogP) is 3.72. The van der Waals surface area contributed by atoms with Crippen LogP contribution in [0.5, 0.6) is 0 Å². The largest absolute Gasteiger partial charge is 0.448 e. The van der Waals surface area contributed by atoms with Crippen LogP contribution in [0.1, 0.15) is 10.4 Å². The molecule has 3 rings (SSSR count). The summed E-state index contributed by atoms with van der Waals surface area (Å²) in [5.74, 6) is 1.35. The van der Waals surface area contributed by atoms with Crippen molar-refractivity contribution >= 4 is 69.7 Å². The molecule has 0 bridgehead atoms. The molecule has 0 fully saturated rings. The number of thiophene rings is 1. The van der Waals surface area contributed by atoms with Gasteiger partial charge in [-0.2, -0.15) is 4.98 Å². The summed E-state index contributed by atoms with van der Waals surface area (Å²) in [6.45, 7) is 1.93. The van der Waals surface area contributed by atoms with Crippen molar-refractivity contribution in [2.75, 3.05) is 18.6 Å². The van der Waals surface area contributed by atoms with E-state index in [2.05, 4.69) is 9.97 Å². The maximum Gasteiger partial charge on any atom is 0.224 e. The molecule has 3 aromatic heterocycles. The summed E-state index contributed by atoms with van der Waals surface area (Å²) in [6.07, 6.45) is 2.20. The monoisotopic (exact) mass is 424 g/mol. The van der Waals surface area contributed by atoms with Gasteiger partial charge in [-0.05, 0) is 36.6 Å². The van der Waals surface area contributed by atoms with Gasteiger partial charge in [-0.1, -0.05) is 0 Å². The van der Waals surface area contributed by atoms with Crippen LogP contribution in [0.3, 0.4) is 0 Å². The molecule has 10 heteroatoms. The van der Waals surface area contributed by atoms with Crippen LogP contribution >= 0.6 is 47.8 Å². The second-order valence-corrected chi connectivity index (χ2v) is 6.74. The number of anilines is 2. The van der Waals surface area contributed by atoms with Crippen molar-refractivity contribution in [2.24, 2.45) is 5.73 Å². The van der Waals surface area contributed by atoms with Crippen LogP contribution in [-0.4, -0.2) is 34.8 Å². The average Bonchev–Trinajstić information content (AvgIpc) is 3.16. The highest BCUT2D eigenvalue weighted by atomic mass is 35.5. The zero-order chi connectivity index (χ0) is 16.6. The first-order chi connectivity index (χ1) is 11.0. The fourth-order valence-corrected chi connectivity index (χ4v) is 3.91. The second-order valence-electron chi connectivity index (χ2n) is 5.30.